The molecule has 2 aromatic rings. The van der Waals surface area contributed by atoms with Gasteiger partial charge in [-0.1, -0.05) is 18.7 Å². The number of nitrogens with zero attached hydrogens (tertiary/aromatic N) is 6. The number of rotatable bonds is 6. The van der Waals surface area contributed by atoms with Gasteiger partial charge >= 0.3 is 0 Å². The van der Waals surface area contributed by atoms with Crippen molar-refractivity contribution in [2.45, 2.75) is 12.1 Å². The maximum Gasteiger partial charge on any atom is 0.233 e. The van der Waals surface area contributed by atoms with Crippen molar-refractivity contribution in [2.24, 2.45) is 0 Å². The molecule has 0 spiro atoms. The smallest absolute Gasteiger partial charge is 0.233 e. The van der Waals surface area contributed by atoms with Crippen molar-refractivity contribution in [3.8, 4) is 11.4 Å². The fourth-order valence-electron chi connectivity index (χ4n) is 2.69. The first-order valence-corrected chi connectivity index (χ1v) is 9.25. The van der Waals surface area contributed by atoms with Gasteiger partial charge in [-0.2, -0.15) is 4.68 Å². The quantitative estimate of drug-likeness (QED) is 0.708. The molecular formula is C16H22N6O2S. The highest BCUT2D eigenvalue weighted by Crippen LogP contribution is 2.20. The van der Waals surface area contributed by atoms with Gasteiger partial charge in [0.1, 0.15) is 5.75 Å². The maximum absolute atomic E-state index is 12.4. The first kappa shape index (κ1) is 17.7. The van der Waals surface area contributed by atoms with E-state index in [-0.39, 0.29) is 5.91 Å². The summed E-state index contributed by atoms with van der Waals surface area (Å²) in [6.07, 6.45) is 0. The van der Waals surface area contributed by atoms with Gasteiger partial charge in [-0.05, 0) is 41.2 Å². The summed E-state index contributed by atoms with van der Waals surface area (Å²) in [4.78, 5) is 16.7. The number of aromatic nitrogens is 4. The van der Waals surface area contributed by atoms with Gasteiger partial charge in [-0.25, -0.2) is 0 Å². The highest BCUT2D eigenvalue weighted by atomic mass is 32.2. The Kier molecular flexibility index (Phi) is 5.87. The van der Waals surface area contributed by atoms with E-state index >= 15 is 0 Å². The molecule has 1 fully saturated rings. The number of hydrogen-bond donors (Lipinski definition) is 0. The number of methoxy groups -OCH3 is 1. The molecule has 0 N–H and O–H groups in total. The number of thioether (sulfide) groups is 1. The summed E-state index contributed by atoms with van der Waals surface area (Å²) in [5.74, 6) is 1.24. The fourth-order valence-corrected chi connectivity index (χ4v) is 3.48. The Balaban J connectivity index is 1.59. The average Bonchev–Trinajstić information content (AvgIpc) is 3.15. The molecule has 1 saturated heterocycles. The van der Waals surface area contributed by atoms with E-state index < -0.39 is 0 Å². The third-order valence-corrected chi connectivity index (χ3v) is 5.16. The highest BCUT2D eigenvalue weighted by Gasteiger charge is 2.21. The zero-order valence-corrected chi connectivity index (χ0v) is 15.3. The number of hydrogen-bond acceptors (Lipinski definition) is 7. The lowest BCUT2D eigenvalue weighted by molar-refractivity contribution is -0.130. The molecule has 134 valence electrons. The third-order valence-electron chi connectivity index (χ3n) is 4.25. The molecule has 3 rings (SSSR count). The minimum atomic E-state index is 0.130. The van der Waals surface area contributed by atoms with Crippen LogP contribution in [0, 0.1) is 0 Å². The molecule has 0 unspecified atom stereocenters. The van der Waals surface area contributed by atoms with Crippen LogP contribution in [0.3, 0.4) is 0 Å². The van der Waals surface area contributed by atoms with E-state index in [1.165, 1.54) is 11.8 Å². The Bertz CT molecular complexity index is 697. The second-order valence-electron chi connectivity index (χ2n) is 5.68. The lowest BCUT2D eigenvalue weighted by atomic mass is 10.3. The van der Waals surface area contributed by atoms with E-state index in [2.05, 4.69) is 27.3 Å². The number of piperazine rings is 1. The van der Waals surface area contributed by atoms with Gasteiger partial charge in [-0.3, -0.25) is 4.79 Å². The second-order valence-corrected chi connectivity index (χ2v) is 6.62. The van der Waals surface area contributed by atoms with Crippen molar-refractivity contribution < 1.29 is 9.53 Å². The van der Waals surface area contributed by atoms with E-state index in [0.29, 0.717) is 10.9 Å². The number of amides is 1. The zero-order valence-electron chi connectivity index (χ0n) is 14.5. The van der Waals surface area contributed by atoms with Gasteiger partial charge in [0.2, 0.25) is 11.1 Å². The van der Waals surface area contributed by atoms with Gasteiger partial charge in [-0.15, -0.1) is 5.10 Å². The van der Waals surface area contributed by atoms with Crippen molar-refractivity contribution in [1.82, 2.24) is 30.0 Å². The van der Waals surface area contributed by atoms with Gasteiger partial charge in [0.05, 0.1) is 18.6 Å². The second kappa shape index (κ2) is 8.30. The molecule has 0 saturated carbocycles. The minimum Gasteiger partial charge on any atom is -0.497 e. The highest BCUT2D eigenvalue weighted by molar-refractivity contribution is 7.99. The molecule has 1 amide bonds. The summed E-state index contributed by atoms with van der Waals surface area (Å²) in [6.45, 7) is 6.64. The third kappa shape index (κ3) is 4.29. The SMILES string of the molecule is CCN1CCN(C(=O)CSc2nnnn2-c2ccc(OC)cc2)CC1. The normalized spacial score (nSPS) is 15.4. The first-order valence-electron chi connectivity index (χ1n) is 8.27. The van der Waals surface area contributed by atoms with Gasteiger partial charge in [0, 0.05) is 26.2 Å². The van der Waals surface area contributed by atoms with Crippen LogP contribution in [0.2, 0.25) is 0 Å². The number of carbonyl (C=O) groups is 1. The van der Waals surface area contributed by atoms with E-state index in [9.17, 15) is 4.79 Å². The summed E-state index contributed by atoms with van der Waals surface area (Å²) < 4.78 is 6.79. The standard InChI is InChI=1S/C16H22N6O2S/c1-3-20-8-10-21(11-9-20)15(23)12-25-16-17-18-19-22(16)13-4-6-14(24-2)7-5-13/h4-7H,3,8-12H2,1-2H3. The van der Waals surface area contributed by atoms with Crippen molar-refractivity contribution in [1.29, 1.82) is 0 Å². The van der Waals surface area contributed by atoms with E-state index in [1.54, 1.807) is 11.8 Å². The van der Waals surface area contributed by atoms with Gasteiger partial charge in [0.15, 0.2) is 0 Å². The molecule has 0 radical (unpaired) electrons. The van der Waals surface area contributed by atoms with Crippen molar-refractivity contribution in [3.05, 3.63) is 24.3 Å². The van der Waals surface area contributed by atoms with Gasteiger partial charge < -0.3 is 14.5 Å². The van der Waals surface area contributed by atoms with Crippen LogP contribution in [0.25, 0.3) is 5.69 Å². The van der Waals surface area contributed by atoms with Crippen molar-refractivity contribution >= 4 is 17.7 Å². The van der Waals surface area contributed by atoms with Crippen LogP contribution < -0.4 is 4.74 Å². The molecule has 2 heterocycles. The van der Waals surface area contributed by atoms with Crippen LogP contribution in [-0.4, -0.2) is 81.5 Å². The monoisotopic (exact) mass is 362 g/mol. The lowest BCUT2D eigenvalue weighted by Crippen LogP contribution is -2.49. The van der Waals surface area contributed by atoms with Crippen LogP contribution in [0.1, 0.15) is 6.92 Å². The maximum atomic E-state index is 12.4. The van der Waals surface area contributed by atoms with Crippen LogP contribution >= 0.6 is 11.8 Å². The van der Waals surface area contributed by atoms with Crippen molar-refractivity contribution in [3.63, 3.8) is 0 Å². The summed E-state index contributed by atoms with van der Waals surface area (Å²) >= 11 is 1.36. The summed E-state index contributed by atoms with van der Waals surface area (Å²) in [6, 6.07) is 7.46. The zero-order chi connectivity index (χ0) is 17.6. The lowest BCUT2D eigenvalue weighted by Gasteiger charge is -2.33. The van der Waals surface area contributed by atoms with Crippen LogP contribution in [0.5, 0.6) is 5.75 Å². The molecule has 1 aliphatic heterocycles. The predicted octanol–water partition coefficient (Wildman–Crippen LogP) is 0.927. The fraction of sp³-hybridized carbons (Fsp3) is 0.500. The van der Waals surface area contributed by atoms with E-state index in [4.69, 9.17) is 4.74 Å². The molecule has 0 bridgehead atoms. The van der Waals surface area contributed by atoms with E-state index in [0.717, 1.165) is 44.2 Å². The molecule has 9 heteroatoms. The number of benzene rings is 1. The Morgan fingerprint density at radius 1 is 1.20 bits per heavy atom. The molecule has 1 aromatic carbocycles. The Hall–Kier alpha value is -2.13. The number of ether oxygens (including phenoxy) is 1. The largest absolute Gasteiger partial charge is 0.497 e. The summed E-state index contributed by atoms with van der Waals surface area (Å²) in [7, 11) is 1.62. The molecule has 8 nitrogen and oxygen atoms in total. The van der Waals surface area contributed by atoms with Crippen LogP contribution in [-0.2, 0) is 4.79 Å². The Labute approximate surface area is 151 Å². The number of tetrazole rings is 1. The molecule has 0 atom stereocenters. The Morgan fingerprint density at radius 3 is 2.56 bits per heavy atom. The van der Waals surface area contributed by atoms with E-state index in [1.807, 2.05) is 29.2 Å². The first-order chi connectivity index (χ1) is 12.2. The van der Waals surface area contributed by atoms with Gasteiger partial charge in [0.25, 0.3) is 0 Å². The molecule has 1 aliphatic rings. The van der Waals surface area contributed by atoms with Crippen LogP contribution in [0.4, 0.5) is 0 Å². The number of carbonyl (C=O) groups excluding carboxylic acids is 1. The van der Waals surface area contributed by atoms with Crippen molar-refractivity contribution in [2.75, 3.05) is 45.6 Å². The Morgan fingerprint density at radius 2 is 1.92 bits per heavy atom. The molecule has 0 aliphatic carbocycles. The topological polar surface area (TPSA) is 76.4 Å². The molecule has 25 heavy (non-hydrogen) atoms. The predicted molar refractivity (Wildman–Crippen MR) is 95.1 cm³/mol. The summed E-state index contributed by atoms with van der Waals surface area (Å²) in [5.41, 5.74) is 0.831. The average molecular weight is 362 g/mol. The van der Waals surface area contributed by atoms with Crippen LogP contribution in [0.15, 0.2) is 29.4 Å². The minimum absolute atomic E-state index is 0.130. The number of likely N-dealkylation sites (N-methyl/N-ethyl adjacent to an activating group) is 1. The summed E-state index contributed by atoms with van der Waals surface area (Å²) in [5, 5.41) is 12.4. The molecule has 1 aromatic heterocycles. The molecular weight excluding hydrogens is 340 g/mol.